The van der Waals surface area contributed by atoms with Crippen LogP contribution >= 0.6 is 35.3 Å². The Kier molecular flexibility index (Phi) is 9.61. The quantitative estimate of drug-likeness (QED) is 0.357. The molecule has 2 fully saturated rings. The van der Waals surface area contributed by atoms with Crippen molar-refractivity contribution < 1.29 is 4.79 Å². The largest absolute Gasteiger partial charge is 0.356 e. The molecule has 9 heteroatoms. The highest BCUT2D eigenvalue weighted by atomic mass is 127. The molecule has 1 amide bonds. The molecular weight excluding hydrogens is 499 g/mol. The fourth-order valence-electron chi connectivity index (χ4n) is 4.10. The molecule has 3 heterocycles. The van der Waals surface area contributed by atoms with Crippen LogP contribution in [0, 0.1) is 13.8 Å². The van der Waals surface area contributed by atoms with Crippen molar-refractivity contribution in [3.63, 3.8) is 0 Å². The fraction of sp³-hybridized carbons (Fsp3) is 0.750. The van der Waals surface area contributed by atoms with Gasteiger partial charge in [-0.1, -0.05) is 0 Å². The minimum absolute atomic E-state index is 0. The van der Waals surface area contributed by atoms with E-state index in [1.807, 2.05) is 11.9 Å². The molecule has 2 aliphatic heterocycles. The molecule has 0 spiro atoms. The second-order valence-electron chi connectivity index (χ2n) is 7.70. The van der Waals surface area contributed by atoms with E-state index in [-0.39, 0.29) is 30.0 Å². The van der Waals surface area contributed by atoms with E-state index in [0.29, 0.717) is 5.91 Å². The van der Waals surface area contributed by atoms with E-state index < -0.39 is 0 Å². The number of aromatic nitrogens is 1. The Balaban J connectivity index is 0.00000300. The smallest absolute Gasteiger partial charge is 0.239 e. The molecule has 1 aromatic heterocycles. The van der Waals surface area contributed by atoms with Gasteiger partial charge < -0.3 is 15.1 Å². The van der Waals surface area contributed by atoms with Gasteiger partial charge in [-0.2, -0.15) is 0 Å². The average Bonchev–Trinajstić information content (AvgIpc) is 3.34. The number of carbonyl (C=O) groups is 1. The Morgan fingerprint density at radius 2 is 1.79 bits per heavy atom. The Morgan fingerprint density at radius 1 is 1.14 bits per heavy atom. The molecule has 1 unspecified atom stereocenters. The van der Waals surface area contributed by atoms with Gasteiger partial charge in [-0.25, -0.2) is 4.98 Å². The van der Waals surface area contributed by atoms with Gasteiger partial charge in [0.15, 0.2) is 5.96 Å². The van der Waals surface area contributed by atoms with Crippen LogP contribution in [0.2, 0.25) is 0 Å². The molecule has 1 aromatic rings. The first-order valence-electron chi connectivity index (χ1n) is 10.4. The lowest BCUT2D eigenvalue weighted by molar-refractivity contribution is -0.135. The number of thiazole rings is 1. The summed E-state index contributed by atoms with van der Waals surface area (Å²) in [5.41, 5.74) is 1.14. The minimum Gasteiger partial charge on any atom is -0.356 e. The fourth-order valence-corrected chi connectivity index (χ4v) is 5.04. The van der Waals surface area contributed by atoms with Gasteiger partial charge in [0.2, 0.25) is 5.91 Å². The summed E-state index contributed by atoms with van der Waals surface area (Å²) in [6, 6.07) is -0.0206. The number of piperazine rings is 1. The molecule has 0 aliphatic carbocycles. The van der Waals surface area contributed by atoms with E-state index in [4.69, 9.17) is 0 Å². The zero-order valence-corrected chi connectivity index (χ0v) is 21.3. The van der Waals surface area contributed by atoms with Crippen LogP contribution in [0.1, 0.15) is 35.3 Å². The lowest BCUT2D eigenvalue weighted by Crippen LogP contribution is -2.57. The molecule has 2 aliphatic rings. The van der Waals surface area contributed by atoms with Crippen LogP contribution in [0.3, 0.4) is 0 Å². The summed E-state index contributed by atoms with van der Waals surface area (Å²) in [5, 5.41) is 4.63. The van der Waals surface area contributed by atoms with E-state index in [1.165, 1.54) is 4.88 Å². The number of halogens is 1. The molecule has 164 valence electrons. The Bertz CT molecular complexity index is 695. The summed E-state index contributed by atoms with van der Waals surface area (Å²) in [6.07, 6.45) is 3.27. The third-order valence-corrected chi connectivity index (χ3v) is 6.92. The zero-order chi connectivity index (χ0) is 20.1. The van der Waals surface area contributed by atoms with Crippen molar-refractivity contribution in [2.75, 3.05) is 52.9 Å². The highest BCUT2D eigenvalue weighted by Gasteiger charge is 2.30. The molecule has 3 rings (SSSR count). The molecule has 1 atom stereocenters. The highest BCUT2D eigenvalue weighted by molar-refractivity contribution is 14.0. The summed E-state index contributed by atoms with van der Waals surface area (Å²) < 4.78 is 0. The first-order chi connectivity index (χ1) is 13.5. The lowest BCUT2D eigenvalue weighted by Gasteiger charge is -2.39. The van der Waals surface area contributed by atoms with Crippen LogP contribution in [0.25, 0.3) is 0 Å². The summed E-state index contributed by atoms with van der Waals surface area (Å²) in [6.45, 7) is 12.5. The van der Waals surface area contributed by atoms with Gasteiger partial charge in [0, 0.05) is 64.2 Å². The number of aliphatic imine (C=N–C) groups is 1. The predicted molar refractivity (Wildman–Crippen MR) is 130 cm³/mol. The standard InChI is InChI=1S/C20H34N6OS.HI/c1-15-18(28-17(3)23-15)7-8-22-20(21-4)26-13-11-24(12-14-26)16(2)19(27)25-9-5-6-10-25;/h16H,5-14H2,1-4H3,(H,21,22);1H. The van der Waals surface area contributed by atoms with E-state index in [0.717, 1.165) is 81.7 Å². The number of nitrogens with zero attached hydrogens (tertiary/aromatic N) is 5. The van der Waals surface area contributed by atoms with Crippen LogP contribution < -0.4 is 5.32 Å². The number of carbonyl (C=O) groups excluding carboxylic acids is 1. The van der Waals surface area contributed by atoms with Gasteiger partial charge in [-0.05, 0) is 33.6 Å². The van der Waals surface area contributed by atoms with Crippen LogP contribution in [-0.4, -0.2) is 90.5 Å². The van der Waals surface area contributed by atoms with Crippen LogP contribution in [0.4, 0.5) is 0 Å². The zero-order valence-electron chi connectivity index (χ0n) is 18.1. The molecule has 0 bridgehead atoms. The number of hydrogen-bond acceptors (Lipinski definition) is 5. The maximum Gasteiger partial charge on any atom is 0.239 e. The van der Waals surface area contributed by atoms with Crippen molar-refractivity contribution in [2.45, 2.75) is 46.1 Å². The molecule has 29 heavy (non-hydrogen) atoms. The molecule has 0 radical (unpaired) electrons. The van der Waals surface area contributed by atoms with E-state index in [2.05, 4.69) is 45.9 Å². The van der Waals surface area contributed by atoms with Crippen LogP contribution in [0.5, 0.6) is 0 Å². The van der Waals surface area contributed by atoms with Gasteiger partial charge in [0.25, 0.3) is 0 Å². The number of guanidine groups is 1. The van der Waals surface area contributed by atoms with Crippen LogP contribution in [0.15, 0.2) is 4.99 Å². The minimum atomic E-state index is -0.0206. The van der Waals surface area contributed by atoms with Crippen molar-refractivity contribution >= 4 is 47.2 Å². The number of rotatable bonds is 5. The number of likely N-dealkylation sites (tertiary alicyclic amines) is 1. The third-order valence-electron chi connectivity index (χ3n) is 5.78. The van der Waals surface area contributed by atoms with Crippen molar-refractivity contribution in [1.29, 1.82) is 0 Å². The third kappa shape index (κ3) is 6.27. The average molecular weight is 535 g/mol. The van der Waals surface area contributed by atoms with Gasteiger partial charge in [0.1, 0.15) is 0 Å². The maximum atomic E-state index is 12.7. The topological polar surface area (TPSA) is 64.1 Å². The Morgan fingerprint density at radius 3 is 2.34 bits per heavy atom. The summed E-state index contributed by atoms with van der Waals surface area (Å²) >= 11 is 1.78. The van der Waals surface area contributed by atoms with Crippen molar-refractivity contribution in [1.82, 2.24) is 25.0 Å². The summed E-state index contributed by atoms with van der Waals surface area (Å²) in [4.78, 5) is 29.6. The summed E-state index contributed by atoms with van der Waals surface area (Å²) in [7, 11) is 1.84. The molecular formula is C20H35IN6OS. The van der Waals surface area contributed by atoms with E-state index in [9.17, 15) is 4.79 Å². The first-order valence-corrected chi connectivity index (χ1v) is 11.2. The highest BCUT2D eigenvalue weighted by Crippen LogP contribution is 2.17. The monoisotopic (exact) mass is 534 g/mol. The number of amides is 1. The van der Waals surface area contributed by atoms with Crippen molar-refractivity contribution in [2.24, 2.45) is 4.99 Å². The number of hydrogen-bond donors (Lipinski definition) is 1. The second kappa shape index (κ2) is 11.5. The molecule has 2 saturated heterocycles. The van der Waals surface area contributed by atoms with E-state index >= 15 is 0 Å². The van der Waals surface area contributed by atoms with Gasteiger partial charge in [0.05, 0.1) is 16.7 Å². The number of nitrogens with one attached hydrogen (secondary N) is 1. The lowest BCUT2D eigenvalue weighted by atomic mass is 10.2. The number of aryl methyl sites for hydroxylation is 2. The maximum absolute atomic E-state index is 12.7. The van der Waals surface area contributed by atoms with E-state index in [1.54, 1.807) is 11.3 Å². The van der Waals surface area contributed by atoms with Gasteiger partial charge in [-0.15, -0.1) is 35.3 Å². The van der Waals surface area contributed by atoms with Crippen molar-refractivity contribution in [3.05, 3.63) is 15.6 Å². The van der Waals surface area contributed by atoms with Gasteiger partial charge >= 0.3 is 0 Å². The molecule has 0 saturated carbocycles. The molecule has 1 N–H and O–H groups in total. The predicted octanol–water partition coefficient (Wildman–Crippen LogP) is 2.12. The Hall–Kier alpha value is -0.940. The normalized spacial score (nSPS) is 19.2. The Labute approximate surface area is 196 Å². The van der Waals surface area contributed by atoms with Crippen molar-refractivity contribution in [3.8, 4) is 0 Å². The van der Waals surface area contributed by atoms with Gasteiger partial charge in [-0.3, -0.25) is 14.7 Å². The second-order valence-corrected chi connectivity index (χ2v) is 8.98. The SMILES string of the molecule is CN=C(NCCc1sc(C)nc1C)N1CCN(C(C)C(=O)N2CCCC2)CC1.I. The van der Waals surface area contributed by atoms with Crippen LogP contribution in [-0.2, 0) is 11.2 Å². The molecule has 7 nitrogen and oxygen atoms in total. The first kappa shape index (κ1) is 24.3. The molecule has 0 aromatic carbocycles. The summed E-state index contributed by atoms with van der Waals surface area (Å²) in [5.74, 6) is 1.25.